The molecule has 0 aliphatic heterocycles. The summed E-state index contributed by atoms with van der Waals surface area (Å²) in [5.74, 6) is -0.422. The van der Waals surface area contributed by atoms with Crippen LogP contribution in [0.4, 0.5) is 4.79 Å². The second kappa shape index (κ2) is 8.31. The Morgan fingerprint density at radius 3 is 2.50 bits per heavy atom. The lowest BCUT2D eigenvalue weighted by Crippen LogP contribution is -2.49. The van der Waals surface area contributed by atoms with Crippen molar-refractivity contribution in [2.24, 2.45) is 5.92 Å². The molecule has 0 bridgehead atoms. The number of carbonyl (C=O) groups excluding carboxylic acids is 2. The van der Waals surface area contributed by atoms with Crippen LogP contribution in [-0.4, -0.2) is 23.2 Å². The van der Waals surface area contributed by atoms with Gasteiger partial charge in [-0.05, 0) is 28.7 Å². The second-order valence-electron chi connectivity index (χ2n) is 6.12. The molecule has 0 saturated carbocycles. The second-order valence-corrected chi connectivity index (χ2v) is 6.12. The molecule has 0 aliphatic carbocycles. The van der Waals surface area contributed by atoms with E-state index in [9.17, 15) is 9.59 Å². The number of nitrogens with one attached hydrogen (secondary N) is 3. The van der Waals surface area contributed by atoms with Crippen molar-refractivity contribution in [2.45, 2.75) is 32.9 Å². The Kier molecular flexibility index (Phi) is 6.14. The van der Waals surface area contributed by atoms with E-state index in [4.69, 9.17) is 5.21 Å². The topological polar surface area (TPSA) is 90.5 Å². The molecule has 0 fully saturated rings. The highest BCUT2D eigenvalue weighted by Gasteiger charge is 2.21. The normalized spacial score (nSPS) is 12.0. The summed E-state index contributed by atoms with van der Waals surface area (Å²) in [5, 5.41) is 16.3. The molecule has 3 amide bonds. The average Bonchev–Trinajstić information content (AvgIpc) is 2.58. The van der Waals surface area contributed by atoms with Gasteiger partial charge in [0.1, 0.15) is 6.04 Å². The van der Waals surface area contributed by atoms with E-state index in [1.807, 2.05) is 56.3 Å². The highest BCUT2D eigenvalue weighted by molar-refractivity contribution is 5.87. The van der Waals surface area contributed by atoms with Gasteiger partial charge in [0.05, 0.1) is 0 Å². The van der Waals surface area contributed by atoms with Crippen LogP contribution in [-0.2, 0) is 11.3 Å². The minimum Gasteiger partial charge on any atom is -0.334 e. The molecule has 2 aromatic carbocycles. The Hall–Kier alpha value is -2.60. The zero-order valence-corrected chi connectivity index (χ0v) is 13.9. The number of fused-ring (bicyclic) bond motifs is 1. The van der Waals surface area contributed by atoms with Crippen molar-refractivity contribution in [1.82, 2.24) is 16.1 Å². The van der Waals surface area contributed by atoms with Gasteiger partial charge in [0.15, 0.2) is 0 Å². The van der Waals surface area contributed by atoms with E-state index in [2.05, 4.69) is 10.6 Å². The van der Waals surface area contributed by atoms with Crippen LogP contribution in [0, 0.1) is 5.92 Å². The summed E-state index contributed by atoms with van der Waals surface area (Å²) in [6.07, 6.45) is 0.439. The van der Waals surface area contributed by atoms with Crippen LogP contribution >= 0.6 is 0 Å². The van der Waals surface area contributed by atoms with Gasteiger partial charge < -0.3 is 10.6 Å². The molecule has 0 radical (unpaired) electrons. The molecule has 24 heavy (non-hydrogen) atoms. The summed E-state index contributed by atoms with van der Waals surface area (Å²) in [7, 11) is 0. The SMILES string of the molecule is CC(C)CC(NC(=O)NCc1cccc2ccccc12)C(=O)NO. The van der Waals surface area contributed by atoms with Crippen LogP contribution in [0.1, 0.15) is 25.8 Å². The van der Waals surface area contributed by atoms with Gasteiger partial charge in [0, 0.05) is 6.54 Å². The quantitative estimate of drug-likeness (QED) is 0.485. The average molecular weight is 329 g/mol. The zero-order valence-electron chi connectivity index (χ0n) is 13.9. The molecule has 6 nitrogen and oxygen atoms in total. The maximum absolute atomic E-state index is 12.1. The molecular formula is C18H23N3O3. The number of carbonyl (C=O) groups is 2. The first-order valence-corrected chi connectivity index (χ1v) is 7.96. The molecule has 2 rings (SSSR count). The molecule has 6 heteroatoms. The van der Waals surface area contributed by atoms with Crippen molar-refractivity contribution >= 4 is 22.7 Å². The van der Waals surface area contributed by atoms with Crippen LogP contribution in [0.25, 0.3) is 10.8 Å². The van der Waals surface area contributed by atoms with Crippen LogP contribution < -0.4 is 16.1 Å². The Labute approximate surface area is 141 Å². The number of benzene rings is 2. The number of hydrogen-bond acceptors (Lipinski definition) is 3. The van der Waals surface area contributed by atoms with Crippen molar-refractivity contribution in [3.8, 4) is 0 Å². The lowest BCUT2D eigenvalue weighted by atomic mass is 10.0. The summed E-state index contributed by atoms with van der Waals surface area (Å²) in [6.45, 7) is 4.23. The van der Waals surface area contributed by atoms with Gasteiger partial charge in [0.2, 0.25) is 0 Å². The molecule has 128 valence electrons. The fourth-order valence-electron chi connectivity index (χ4n) is 2.61. The maximum Gasteiger partial charge on any atom is 0.315 e. The van der Waals surface area contributed by atoms with Crippen LogP contribution in [0.3, 0.4) is 0 Å². The predicted octanol–water partition coefficient (Wildman–Crippen LogP) is 2.56. The monoisotopic (exact) mass is 329 g/mol. The van der Waals surface area contributed by atoms with E-state index in [1.54, 1.807) is 5.48 Å². The first-order chi connectivity index (χ1) is 11.5. The summed E-state index contributed by atoms with van der Waals surface area (Å²) >= 11 is 0. The summed E-state index contributed by atoms with van der Waals surface area (Å²) in [6, 6.07) is 12.6. The van der Waals surface area contributed by atoms with Gasteiger partial charge in [-0.1, -0.05) is 56.3 Å². The van der Waals surface area contributed by atoms with Crippen molar-refractivity contribution in [2.75, 3.05) is 0 Å². The molecule has 0 aliphatic rings. The van der Waals surface area contributed by atoms with Gasteiger partial charge >= 0.3 is 6.03 Å². The van der Waals surface area contributed by atoms with Gasteiger partial charge in [-0.3, -0.25) is 10.0 Å². The highest BCUT2D eigenvalue weighted by atomic mass is 16.5. The molecule has 1 atom stereocenters. The standard InChI is InChI=1S/C18H23N3O3/c1-12(2)10-16(17(22)21-24)20-18(23)19-11-14-8-5-7-13-6-3-4-9-15(13)14/h3-9,12,16,24H,10-11H2,1-2H3,(H,21,22)(H2,19,20,23). The van der Waals surface area contributed by atoms with Crippen molar-refractivity contribution in [3.05, 3.63) is 48.0 Å². The van der Waals surface area contributed by atoms with Crippen LogP contribution in [0.5, 0.6) is 0 Å². The van der Waals surface area contributed by atoms with Gasteiger partial charge in [0.25, 0.3) is 5.91 Å². The molecule has 0 aromatic heterocycles. The highest BCUT2D eigenvalue weighted by Crippen LogP contribution is 2.18. The molecule has 4 N–H and O–H groups in total. The summed E-state index contributed by atoms with van der Waals surface area (Å²) in [5.41, 5.74) is 2.59. The first kappa shape index (κ1) is 17.7. The fraction of sp³-hybridized carbons (Fsp3) is 0.333. The molecule has 2 aromatic rings. The van der Waals surface area contributed by atoms with Crippen molar-refractivity contribution in [3.63, 3.8) is 0 Å². The molecule has 0 spiro atoms. The zero-order chi connectivity index (χ0) is 17.5. The lowest BCUT2D eigenvalue weighted by Gasteiger charge is -2.19. The lowest BCUT2D eigenvalue weighted by molar-refractivity contribution is -0.131. The Bertz CT molecular complexity index is 710. The van der Waals surface area contributed by atoms with Crippen LogP contribution in [0.2, 0.25) is 0 Å². The van der Waals surface area contributed by atoms with E-state index in [0.717, 1.165) is 16.3 Å². The Morgan fingerprint density at radius 1 is 1.08 bits per heavy atom. The summed E-state index contributed by atoms with van der Waals surface area (Å²) < 4.78 is 0. The summed E-state index contributed by atoms with van der Waals surface area (Å²) in [4.78, 5) is 23.7. The smallest absolute Gasteiger partial charge is 0.315 e. The molecule has 0 saturated heterocycles. The number of urea groups is 1. The molecule has 0 heterocycles. The number of hydroxylamine groups is 1. The Morgan fingerprint density at radius 2 is 1.79 bits per heavy atom. The predicted molar refractivity (Wildman–Crippen MR) is 92.5 cm³/mol. The van der Waals surface area contributed by atoms with Crippen molar-refractivity contribution in [1.29, 1.82) is 0 Å². The number of amides is 3. The molecular weight excluding hydrogens is 306 g/mol. The third-order valence-electron chi connectivity index (χ3n) is 3.76. The van der Waals surface area contributed by atoms with Gasteiger partial charge in [-0.2, -0.15) is 0 Å². The van der Waals surface area contributed by atoms with Gasteiger partial charge in [-0.25, -0.2) is 10.3 Å². The number of rotatable bonds is 6. The van der Waals surface area contributed by atoms with Crippen LogP contribution in [0.15, 0.2) is 42.5 Å². The maximum atomic E-state index is 12.1. The fourth-order valence-corrected chi connectivity index (χ4v) is 2.61. The third kappa shape index (κ3) is 4.70. The van der Waals surface area contributed by atoms with E-state index in [1.165, 1.54) is 0 Å². The van der Waals surface area contributed by atoms with E-state index in [0.29, 0.717) is 13.0 Å². The largest absolute Gasteiger partial charge is 0.334 e. The minimum atomic E-state index is -0.775. The Balaban J connectivity index is 2.00. The first-order valence-electron chi connectivity index (χ1n) is 7.96. The van der Waals surface area contributed by atoms with Crippen molar-refractivity contribution < 1.29 is 14.8 Å². The molecule has 1 unspecified atom stereocenters. The van der Waals surface area contributed by atoms with E-state index < -0.39 is 18.0 Å². The third-order valence-corrected chi connectivity index (χ3v) is 3.76. The number of hydrogen-bond donors (Lipinski definition) is 4. The minimum absolute atomic E-state index is 0.200. The van der Waals surface area contributed by atoms with E-state index >= 15 is 0 Å². The van der Waals surface area contributed by atoms with Gasteiger partial charge in [-0.15, -0.1) is 0 Å². The van der Waals surface area contributed by atoms with E-state index in [-0.39, 0.29) is 5.92 Å².